The van der Waals surface area contributed by atoms with Gasteiger partial charge >= 0.3 is 11.9 Å². The normalized spacial score (nSPS) is 17.5. The number of esters is 2. The highest BCUT2D eigenvalue weighted by Gasteiger charge is 2.46. The highest BCUT2D eigenvalue weighted by atomic mass is 16.6. The fraction of sp³-hybridized carbons (Fsp3) is 0.467. The van der Waals surface area contributed by atoms with Crippen LogP contribution in [0.15, 0.2) is 60.0 Å². The molecule has 7 nitrogen and oxygen atoms in total. The lowest BCUT2D eigenvalue weighted by Gasteiger charge is -2.38. The van der Waals surface area contributed by atoms with Crippen LogP contribution in [0, 0.1) is 0 Å². The summed E-state index contributed by atoms with van der Waals surface area (Å²) in [4.78, 5) is 30.7. The molecule has 1 heterocycles. The maximum atomic E-state index is 13.5. The average molecular weight is 508 g/mol. The zero-order valence-corrected chi connectivity index (χ0v) is 23.5. The highest BCUT2D eigenvalue weighted by molar-refractivity contribution is 6.00. The standard InChI is InChI=1S/C30H41N3O4/c1-9-11-19-30(6)31-26(32(7)8)25(28(35)36-10-2)33(30)22-17-18-23(21-15-13-12-14-16-21)24(20-22)27(34)37-29(3,4)5/h12-18,20,31H,9-11,19H2,1-8H3. The zero-order chi connectivity index (χ0) is 27.4. The summed E-state index contributed by atoms with van der Waals surface area (Å²) in [5, 5.41) is 3.59. The zero-order valence-electron chi connectivity index (χ0n) is 23.5. The fourth-order valence-electron chi connectivity index (χ4n) is 4.59. The molecule has 0 fully saturated rings. The Morgan fingerprint density at radius 1 is 1.03 bits per heavy atom. The number of carbonyl (C=O) groups excluding carboxylic acids is 2. The summed E-state index contributed by atoms with van der Waals surface area (Å²) in [5.74, 6) is -0.141. The van der Waals surface area contributed by atoms with Crippen molar-refractivity contribution < 1.29 is 19.1 Å². The van der Waals surface area contributed by atoms with Gasteiger partial charge in [-0.1, -0.05) is 49.7 Å². The van der Waals surface area contributed by atoms with Gasteiger partial charge in [0.25, 0.3) is 0 Å². The number of nitrogens with zero attached hydrogens (tertiary/aromatic N) is 2. The Bertz CT molecular complexity index is 1150. The SMILES string of the molecule is CCCCC1(C)NC(N(C)C)=C(C(=O)OCC)N1c1ccc(-c2ccccc2)c(C(=O)OC(C)(C)C)c1. The van der Waals surface area contributed by atoms with E-state index in [9.17, 15) is 9.59 Å². The first kappa shape index (κ1) is 28.1. The lowest BCUT2D eigenvalue weighted by molar-refractivity contribution is -0.138. The number of nitrogens with one attached hydrogen (secondary N) is 1. The molecule has 0 aromatic heterocycles. The first-order chi connectivity index (χ1) is 17.4. The first-order valence-corrected chi connectivity index (χ1v) is 13.0. The molecular formula is C30H41N3O4. The molecular weight excluding hydrogens is 466 g/mol. The van der Waals surface area contributed by atoms with Gasteiger partial charge in [-0.3, -0.25) is 0 Å². The van der Waals surface area contributed by atoms with Gasteiger partial charge in [-0.25, -0.2) is 9.59 Å². The third-order valence-electron chi connectivity index (χ3n) is 6.23. The third kappa shape index (κ3) is 6.27. The van der Waals surface area contributed by atoms with E-state index in [2.05, 4.69) is 19.2 Å². The summed E-state index contributed by atoms with van der Waals surface area (Å²) in [6.45, 7) is 11.8. The van der Waals surface area contributed by atoms with Gasteiger partial charge in [0.15, 0.2) is 5.70 Å². The molecule has 1 aliphatic heterocycles. The lowest BCUT2D eigenvalue weighted by Crippen LogP contribution is -2.51. The second kappa shape index (κ2) is 11.3. The number of ether oxygens (including phenoxy) is 2. The molecule has 2 aromatic carbocycles. The van der Waals surface area contributed by atoms with Crippen LogP contribution in [0.1, 0.15) is 71.2 Å². The van der Waals surface area contributed by atoms with Gasteiger partial charge in [0.2, 0.25) is 0 Å². The van der Waals surface area contributed by atoms with Crippen molar-refractivity contribution in [1.29, 1.82) is 0 Å². The molecule has 200 valence electrons. The maximum absolute atomic E-state index is 13.5. The van der Waals surface area contributed by atoms with Crippen molar-refractivity contribution in [2.45, 2.75) is 72.1 Å². The second-order valence-corrected chi connectivity index (χ2v) is 10.7. The van der Waals surface area contributed by atoms with E-state index >= 15 is 0 Å². The predicted octanol–water partition coefficient (Wildman–Crippen LogP) is 5.92. The van der Waals surface area contributed by atoms with Gasteiger partial charge in [-0.05, 0) is 70.7 Å². The van der Waals surface area contributed by atoms with E-state index in [0.717, 1.165) is 30.4 Å². The van der Waals surface area contributed by atoms with E-state index in [-0.39, 0.29) is 6.61 Å². The number of rotatable bonds is 9. The number of hydrogen-bond donors (Lipinski definition) is 1. The summed E-state index contributed by atoms with van der Waals surface area (Å²) < 4.78 is 11.3. The van der Waals surface area contributed by atoms with Crippen LogP contribution >= 0.6 is 0 Å². The summed E-state index contributed by atoms with van der Waals surface area (Å²) in [6, 6.07) is 15.5. The van der Waals surface area contributed by atoms with Crippen LogP contribution < -0.4 is 10.2 Å². The minimum absolute atomic E-state index is 0.263. The van der Waals surface area contributed by atoms with Crippen LogP contribution in [-0.4, -0.2) is 48.8 Å². The second-order valence-electron chi connectivity index (χ2n) is 10.7. The van der Waals surface area contributed by atoms with E-state index in [1.54, 1.807) is 6.92 Å². The molecule has 0 amide bonds. The van der Waals surface area contributed by atoms with Gasteiger partial charge in [0.05, 0.1) is 12.2 Å². The van der Waals surface area contributed by atoms with Crippen molar-refractivity contribution in [2.24, 2.45) is 0 Å². The Labute approximate surface area is 221 Å². The molecule has 0 bridgehead atoms. The lowest BCUT2D eigenvalue weighted by atomic mass is 9.96. The van der Waals surface area contributed by atoms with Crippen molar-refractivity contribution in [1.82, 2.24) is 10.2 Å². The Morgan fingerprint density at radius 3 is 2.27 bits per heavy atom. The molecule has 0 saturated heterocycles. The van der Waals surface area contributed by atoms with Crippen molar-refractivity contribution in [3.8, 4) is 11.1 Å². The van der Waals surface area contributed by atoms with Crippen molar-refractivity contribution in [2.75, 3.05) is 25.6 Å². The van der Waals surface area contributed by atoms with Crippen LogP contribution in [0.5, 0.6) is 0 Å². The summed E-state index contributed by atoms with van der Waals surface area (Å²) in [7, 11) is 3.80. The van der Waals surface area contributed by atoms with Gasteiger partial charge in [-0.15, -0.1) is 0 Å². The molecule has 1 unspecified atom stereocenters. The monoisotopic (exact) mass is 507 g/mol. The summed E-state index contributed by atoms with van der Waals surface area (Å²) in [6.07, 6.45) is 2.75. The topological polar surface area (TPSA) is 71.1 Å². The molecule has 1 N–H and O–H groups in total. The largest absolute Gasteiger partial charge is 0.461 e. The van der Waals surface area contributed by atoms with E-state index in [4.69, 9.17) is 9.47 Å². The molecule has 1 atom stereocenters. The quantitative estimate of drug-likeness (QED) is 0.423. The van der Waals surface area contributed by atoms with Crippen LogP contribution in [0.3, 0.4) is 0 Å². The number of hydrogen-bond acceptors (Lipinski definition) is 7. The number of anilines is 1. The van der Waals surface area contributed by atoms with Crippen LogP contribution in [-0.2, 0) is 14.3 Å². The Morgan fingerprint density at radius 2 is 1.70 bits per heavy atom. The number of carbonyl (C=O) groups is 2. The number of unbranched alkanes of at least 4 members (excludes halogenated alkanes) is 1. The third-order valence-corrected chi connectivity index (χ3v) is 6.23. The minimum Gasteiger partial charge on any atom is -0.461 e. The molecule has 7 heteroatoms. The number of benzene rings is 2. The van der Waals surface area contributed by atoms with Gasteiger partial charge in [0.1, 0.15) is 17.1 Å². The Kier molecular flexibility index (Phi) is 8.57. The molecule has 3 rings (SSSR count). The van der Waals surface area contributed by atoms with E-state index in [1.807, 2.05) is 93.2 Å². The maximum Gasteiger partial charge on any atom is 0.358 e. The molecule has 0 spiro atoms. The Balaban J connectivity index is 2.24. The van der Waals surface area contributed by atoms with Crippen LogP contribution in [0.25, 0.3) is 11.1 Å². The van der Waals surface area contributed by atoms with E-state index in [0.29, 0.717) is 22.8 Å². The molecule has 0 aliphatic carbocycles. The van der Waals surface area contributed by atoms with Crippen molar-refractivity contribution >= 4 is 17.6 Å². The van der Waals surface area contributed by atoms with Crippen LogP contribution in [0.2, 0.25) is 0 Å². The predicted molar refractivity (Wildman–Crippen MR) is 148 cm³/mol. The molecule has 1 aliphatic rings. The summed E-state index contributed by atoms with van der Waals surface area (Å²) in [5.41, 5.74) is 2.02. The van der Waals surface area contributed by atoms with Crippen molar-refractivity contribution in [3.05, 3.63) is 65.6 Å². The molecule has 0 saturated carbocycles. The molecule has 2 aromatic rings. The molecule has 37 heavy (non-hydrogen) atoms. The van der Waals surface area contributed by atoms with E-state index < -0.39 is 23.2 Å². The summed E-state index contributed by atoms with van der Waals surface area (Å²) >= 11 is 0. The first-order valence-electron chi connectivity index (χ1n) is 13.0. The fourth-order valence-corrected chi connectivity index (χ4v) is 4.59. The Hall–Kier alpha value is -3.48. The van der Waals surface area contributed by atoms with E-state index in [1.165, 1.54) is 0 Å². The van der Waals surface area contributed by atoms with Crippen molar-refractivity contribution in [3.63, 3.8) is 0 Å². The van der Waals surface area contributed by atoms with Gasteiger partial charge < -0.3 is 24.6 Å². The minimum atomic E-state index is -0.653. The van der Waals surface area contributed by atoms with Gasteiger partial charge in [-0.2, -0.15) is 0 Å². The van der Waals surface area contributed by atoms with Gasteiger partial charge in [0, 0.05) is 19.8 Å². The smallest absolute Gasteiger partial charge is 0.358 e. The average Bonchev–Trinajstić information content (AvgIpc) is 3.16. The molecule has 0 radical (unpaired) electrons. The highest BCUT2D eigenvalue weighted by Crippen LogP contribution is 2.40. The van der Waals surface area contributed by atoms with Crippen LogP contribution in [0.4, 0.5) is 5.69 Å².